The summed E-state index contributed by atoms with van der Waals surface area (Å²) in [6, 6.07) is 6.76. The van der Waals surface area contributed by atoms with E-state index in [0.717, 1.165) is 19.3 Å². The highest BCUT2D eigenvalue weighted by molar-refractivity contribution is 6.34. The Morgan fingerprint density at radius 3 is 2.92 bits per heavy atom. The third kappa shape index (κ3) is 4.62. The molecule has 6 nitrogen and oxygen atoms in total. The van der Waals surface area contributed by atoms with Crippen molar-refractivity contribution in [1.29, 1.82) is 5.26 Å². The number of hydrogen-bond acceptors (Lipinski definition) is 3. The van der Waals surface area contributed by atoms with Crippen LogP contribution in [0.3, 0.4) is 0 Å². The molecule has 24 heavy (non-hydrogen) atoms. The summed E-state index contributed by atoms with van der Waals surface area (Å²) in [4.78, 5) is 25.9. The van der Waals surface area contributed by atoms with E-state index >= 15 is 0 Å². The smallest absolute Gasteiger partial charge is 0.321 e. The molecule has 1 fully saturated rings. The number of urea groups is 1. The summed E-state index contributed by atoms with van der Waals surface area (Å²) in [6.07, 6.45) is 2.49. The van der Waals surface area contributed by atoms with Crippen LogP contribution < -0.4 is 10.6 Å². The molecule has 0 radical (unpaired) electrons. The number of nitrogens with one attached hydrogen (secondary N) is 2. The highest BCUT2D eigenvalue weighted by atomic mass is 35.5. The highest BCUT2D eigenvalue weighted by Crippen LogP contribution is 2.22. The second kappa shape index (κ2) is 8.55. The van der Waals surface area contributed by atoms with E-state index in [9.17, 15) is 9.59 Å². The van der Waals surface area contributed by atoms with Crippen molar-refractivity contribution in [3.05, 3.63) is 28.8 Å². The number of nitrogens with zero attached hydrogens (tertiary/aromatic N) is 2. The number of carbonyl (C=O) groups is 2. The Balaban J connectivity index is 2.00. The predicted octanol–water partition coefficient (Wildman–Crippen LogP) is 3.25. The molecule has 1 aliphatic rings. The first-order valence-electron chi connectivity index (χ1n) is 8.08. The number of likely N-dealkylation sites (tertiary alicyclic amines) is 1. The molecule has 0 spiro atoms. The van der Waals surface area contributed by atoms with E-state index in [-0.39, 0.29) is 22.9 Å². The largest absolute Gasteiger partial charge is 0.352 e. The molecule has 1 atom stereocenters. The van der Waals surface area contributed by atoms with Crippen LogP contribution in [0, 0.1) is 17.2 Å². The standard InChI is InChI=1S/C17H21ClN4O2/c1-2-7-20-16(23)14-6-5-13(9-15(14)18)21-17(24)22-8-3-4-12(10-19)11-22/h5-6,9,12H,2-4,7-8,11H2,1H3,(H,20,23)(H,21,24)/t12-/m0/s1. The number of rotatable bonds is 4. The van der Waals surface area contributed by atoms with Crippen LogP contribution in [0.5, 0.6) is 0 Å². The molecular weight excluding hydrogens is 328 g/mol. The lowest BCUT2D eigenvalue weighted by molar-refractivity contribution is 0.0954. The highest BCUT2D eigenvalue weighted by Gasteiger charge is 2.23. The van der Waals surface area contributed by atoms with Crippen LogP contribution in [0.25, 0.3) is 0 Å². The molecule has 1 aromatic rings. The summed E-state index contributed by atoms with van der Waals surface area (Å²) in [5.74, 6) is -0.342. The topological polar surface area (TPSA) is 85.2 Å². The fourth-order valence-electron chi connectivity index (χ4n) is 2.58. The molecule has 0 saturated carbocycles. The van der Waals surface area contributed by atoms with Gasteiger partial charge in [0.2, 0.25) is 0 Å². The number of amides is 3. The number of benzene rings is 1. The zero-order valence-corrected chi connectivity index (χ0v) is 14.4. The van der Waals surface area contributed by atoms with Crippen LogP contribution in [-0.4, -0.2) is 36.5 Å². The van der Waals surface area contributed by atoms with E-state index in [1.54, 1.807) is 23.1 Å². The fraction of sp³-hybridized carbons (Fsp3) is 0.471. The Kier molecular flexibility index (Phi) is 6.44. The van der Waals surface area contributed by atoms with Crippen LogP contribution in [-0.2, 0) is 0 Å². The van der Waals surface area contributed by atoms with Gasteiger partial charge in [0.05, 0.1) is 22.6 Å². The van der Waals surface area contributed by atoms with Crippen molar-refractivity contribution in [3.8, 4) is 6.07 Å². The minimum absolute atomic E-state index is 0.113. The SMILES string of the molecule is CCCNC(=O)c1ccc(NC(=O)N2CCC[C@@H](C#N)C2)cc1Cl. The summed E-state index contributed by atoms with van der Waals surface area (Å²) in [5, 5.41) is 14.8. The minimum Gasteiger partial charge on any atom is -0.352 e. The monoisotopic (exact) mass is 348 g/mol. The molecule has 0 aliphatic carbocycles. The zero-order valence-electron chi connectivity index (χ0n) is 13.6. The maximum Gasteiger partial charge on any atom is 0.321 e. The second-order valence-electron chi connectivity index (χ2n) is 5.79. The van der Waals surface area contributed by atoms with Crippen molar-refractivity contribution in [2.75, 3.05) is 25.0 Å². The van der Waals surface area contributed by atoms with E-state index in [4.69, 9.17) is 16.9 Å². The number of hydrogen-bond donors (Lipinski definition) is 2. The summed E-state index contributed by atoms with van der Waals surface area (Å²) < 4.78 is 0. The molecule has 128 valence electrons. The number of nitriles is 1. The normalized spacial score (nSPS) is 17.0. The second-order valence-corrected chi connectivity index (χ2v) is 6.20. The minimum atomic E-state index is -0.255. The maximum atomic E-state index is 12.3. The fourth-order valence-corrected chi connectivity index (χ4v) is 2.85. The molecule has 7 heteroatoms. The Bertz CT molecular complexity index is 656. The summed E-state index contributed by atoms with van der Waals surface area (Å²) in [6.45, 7) is 3.63. The molecule has 0 unspecified atom stereocenters. The molecule has 2 rings (SSSR count). The van der Waals surface area contributed by atoms with E-state index in [1.807, 2.05) is 6.92 Å². The lowest BCUT2D eigenvalue weighted by atomic mass is 10.0. The maximum absolute atomic E-state index is 12.3. The first-order chi connectivity index (χ1) is 11.5. The number of carbonyl (C=O) groups excluding carboxylic acids is 2. The molecule has 1 aliphatic heterocycles. The van der Waals surface area contributed by atoms with Crippen molar-refractivity contribution in [2.24, 2.45) is 5.92 Å². The van der Waals surface area contributed by atoms with E-state index in [0.29, 0.717) is 30.9 Å². The van der Waals surface area contributed by atoms with Gasteiger partial charge in [-0.05, 0) is 37.5 Å². The quantitative estimate of drug-likeness (QED) is 0.875. The van der Waals surface area contributed by atoms with Gasteiger partial charge in [0.15, 0.2) is 0 Å². The number of halogens is 1. The van der Waals surface area contributed by atoms with E-state index in [1.165, 1.54) is 0 Å². The Morgan fingerprint density at radius 1 is 1.46 bits per heavy atom. The Hall–Kier alpha value is -2.26. The molecule has 1 aromatic carbocycles. The van der Waals surface area contributed by atoms with Crippen LogP contribution in [0.1, 0.15) is 36.5 Å². The van der Waals surface area contributed by atoms with Crippen LogP contribution >= 0.6 is 11.6 Å². The summed E-state index contributed by atoms with van der Waals surface area (Å²) >= 11 is 6.15. The molecule has 0 bridgehead atoms. The van der Waals surface area contributed by atoms with E-state index < -0.39 is 0 Å². The van der Waals surface area contributed by atoms with E-state index in [2.05, 4.69) is 16.7 Å². The first kappa shape index (κ1) is 18.1. The Morgan fingerprint density at radius 2 is 2.25 bits per heavy atom. The average Bonchev–Trinajstić information content (AvgIpc) is 2.59. The number of anilines is 1. The number of piperidine rings is 1. The van der Waals surface area contributed by atoms with Gasteiger partial charge in [0, 0.05) is 25.3 Å². The first-order valence-corrected chi connectivity index (χ1v) is 8.46. The molecule has 1 saturated heterocycles. The summed E-state index contributed by atoms with van der Waals surface area (Å²) in [7, 11) is 0. The lowest BCUT2D eigenvalue weighted by Gasteiger charge is -2.29. The molecular formula is C17H21ClN4O2. The van der Waals surface area contributed by atoms with Gasteiger partial charge in [0.1, 0.15) is 0 Å². The molecule has 2 N–H and O–H groups in total. The van der Waals surface area contributed by atoms with Crippen molar-refractivity contribution >= 4 is 29.2 Å². The van der Waals surface area contributed by atoms with Gasteiger partial charge in [-0.15, -0.1) is 0 Å². The predicted molar refractivity (Wildman–Crippen MR) is 93.0 cm³/mol. The third-order valence-corrected chi connectivity index (χ3v) is 4.20. The summed E-state index contributed by atoms with van der Waals surface area (Å²) in [5.41, 5.74) is 0.904. The Labute approximate surface area is 146 Å². The van der Waals surface area contributed by atoms with Gasteiger partial charge >= 0.3 is 6.03 Å². The van der Waals surface area contributed by atoms with Gasteiger partial charge < -0.3 is 15.5 Å². The molecule has 1 heterocycles. The van der Waals surface area contributed by atoms with Crippen LogP contribution in [0.15, 0.2) is 18.2 Å². The van der Waals surface area contributed by atoms with Gasteiger partial charge in [-0.3, -0.25) is 4.79 Å². The lowest BCUT2D eigenvalue weighted by Crippen LogP contribution is -2.42. The van der Waals surface area contributed by atoms with Crippen molar-refractivity contribution in [2.45, 2.75) is 26.2 Å². The van der Waals surface area contributed by atoms with Crippen molar-refractivity contribution in [3.63, 3.8) is 0 Å². The van der Waals surface area contributed by atoms with Gasteiger partial charge in [-0.25, -0.2) is 4.79 Å². The molecule has 3 amide bonds. The van der Waals surface area contributed by atoms with Gasteiger partial charge in [0.25, 0.3) is 5.91 Å². The third-order valence-electron chi connectivity index (χ3n) is 3.89. The molecule has 0 aromatic heterocycles. The van der Waals surface area contributed by atoms with Crippen molar-refractivity contribution in [1.82, 2.24) is 10.2 Å². The van der Waals surface area contributed by atoms with Gasteiger partial charge in [-0.2, -0.15) is 5.26 Å². The van der Waals surface area contributed by atoms with Crippen LogP contribution in [0.4, 0.5) is 10.5 Å². The van der Waals surface area contributed by atoms with Crippen LogP contribution in [0.2, 0.25) is 5.02 Å². The zero-order chi connectivity index (χ0) is 17.5. The van der Waals surface area contributed by atoms with Crippen molar-refractivity contribution < 1.29 is 9.59 Å². The average molecular weight is 349 g/mol. The van der Waals surface area contributed by atoms with Gasteiger partial charge in [-0.1, -0.05) is 18.5 Å².